The van der Waals surface area contributed by atoms with E-state index in [4.69, 9.17) is 5.73 Å². The van der Waals surface area contributed by atoms with E-state index in [0.717, 1.165) is 10.4 Å². The van der Waals surface area contributed by atoms with Crippen molar-refractivity contribution in [1.82, 2.24) is 0 Å². The highest BCUT2D eigenvalue weighted by Gasteiger charge is 2.14. The summed E-state index contributed by atoms with van der Waals surface area (Å²) in [7, 11) is 0. The molecule has 2 aromatic rings. The van der Waals surface area contributed by atoms with Gasteiger partial charge in [0.1, 0.15) is 6.10 Å². The Morgan fingerprint density at radius 1 is 1.20 bits per heavy atom. The van der Waals surface area contributed by atoms with Crippen LogP contribution in [0.5, 0.6) is 0 Å². The molecule has 0 bridgehead atoms. The van der Waals surface area contributed by atoms with Crippen LogP contribution in [0.2, 0.25) is 0 Å². The second-order valence-corrected chi connectivity index (χ2v) is 4.80. The fourth-order valence-electron chi connectivity index (χ4n) is 1.51. The van der Waals surface area contributed by atoms with Crippen LogP contribution in [0, 0.1) is 6.92 Å². The van der Waals surface area contributed by atoms with Crippen molar-refractivity contribution in [3.05, 3.63) is 51.7 Å². The van der Waals surface area contributed by atoms with Crippen LogP contribution in [-0.2, 0) is 0 Å². The van der Waals surface area contributed by atoms with Gasteiger partial charge in [0.05, 0.1) is 0 Å². The number of aliphatic hydroxyl groups excluding tert-OH is 1. The minimum atomic E-state index is -0.607. The van der Waals surface area contributed by atoms with Crippen LogP contribution in [0.4, 0.5) is 5.69 Å². The van der Waals surface area contributed by atoms with Crippen molar-refractivity contribution in [1.29, 1.82) is 0 Å². The van der Waals surface area contributed by atoms with Crippen LogP contribution < -0.4 is 5.73 Å². The smallest absolute Gasteiger partial charge is 0.115 e. The number of hydrogen-bond donors (Lipinski definition) is 2. The number of hydrogen-bond acceptors (Lipinski definition) is 3. The standard InChI is InChI=1S/C12H13NOS/c1-8-6-7-11(15-8)12(14)9-4-2-3-5-10(9)13/h2-7,12,14H,13H2,1H3. The Morgan fingerprint density at radius 2 is 1.93 bits per heavy atom. The Kier molecular flexibility index (Phi) is 2.75. The van der Waals surface area contributed by atoms with Crippen LogP contribution in [0.3, 0.4) is 0 Å². The lowest BCUT2D eigenvalue weighted by atomic mass is 10.1. The molecule has 3 N–H and O–H groups in total. The molecule has 1 unspecified atom stereocenters. The third kappa shape index (κ3) is 2.03. The molecule has 0 aliphatic heterocycles. The van der Waals surface area contributed by atoms with Crippen LogP contribution >= 0.6 is 11.3 Å². The Bertz CT molecular complexity index is 464. The molecule has 3 heteroatoms. The van der Waals surface area contributed by atoms with Crippen LogP contribution in [0.1, 0.15) is 21.4 Å². The summed E-state index contributed by atoms with van der Waals surface area (Å²) in [6, 6.07) is 11.4. The van der Waals surface area contributed by atoms with Crippen LogP contribution in [0.15, 0.2) is 36.4 Å². The minimum Gasteiger partial charge on any atom is -0.398 e. The van der Waals surface area contributed by atoms with Gasteiger partial charge in [0, 0.05) is 21.0 Å². The van der Waals surface area contributed by atoms with E-state index in [0.29, 0.717) is 5.69 Å². The van der Waals surface area contributed by atoms with Gasteiger partial charge < -0.3 is 10.8 Å². The van der Waals surface area contributed by atoms with E-state index in [9.17, 15) is 5.11 Å². The van der Waals surface area contributed by atoms with E-state index >= 15 is 0 Å². The highest BCUT2D eigenvalue weighted by molar-refractivity contribution is 7.12. The third-order valence-electron chi connectivity index (χ3n) is 2.32. The van der Waals surface area contributed by atoms with Crippen molar-refractivity contribution in [2.75, 3.05) is 5.73 Å². The molecule has 0 fully saturated rings. The molecule has 0 spiro atoms. The normalized spacial score (nSPS) is 12.7. The fourth-order valence-corrected chi connectivity index (χ4v) is 2.40. The third-order valence-corrected chi connectivity index (χ3v) is 3.37. The van der Waals surface area contributed by atoms with Gasteiger partial charge in [-0.05, 0) is 25.1 Å². The highest BCUT2D eigenvalue weighted by atomic mass is 32.1. The summed E-state index contributed by atoms with van der Waals surface area (Å²) in [6.07, 6.45) is -0.607. The summed E-state index contributed by atoms with van der Waals surface area (Å²) in [6.45, 7) is 2.02. The molecule has 0 aliphatic carbocycles. The molecule has 0 radical (unpaired) electrons. The monoisotopic (exact) mass is 219 g/mol. The van der Waals surface area contributed by atoms with Crippen molar-refractivity contribution >= 4 is 17.0 Å². The molecule has 0 saturated heterocycles. The quantitative estimate of drug-likeness (QED) is 0.763. The average Bonchev–Trinajstić information content (AvgIpc) is 2.65. The first-order chi connectivity index (χ1) is 7.18. The lowest BCUT2D eigenvalue weighted by Gasteiger charge is -2.11. The summed E-state index contributed by atoms with van der Waals surface area (Å²) in [4.78, 5) is 2.13. The van der Waals surface area contributed by atoms with E-state index in [1.807, 2.05) is 37.3 Å². The Labute approximate surface area is 93.0 Å². The largest absolute Gasteiger partial charge is 0.398 e. The average molecular weight is 219 g/mol. The second kappa shape index (κ2) is 4.04. The van der Waals surface area contributed by atoms with Crippen molar-refractivity contribution in [3.63, 3.8) is 0 Å². The van der Waals surface area contributed by atoms with Gasteiger partial charge in [0.15, 0.2) is 0 Å². The Morgan fingerprint density at radius 3 is 2.53 bits per heavy atom. The van der Waals surface area contributed by atoms with Crippen molar-refractivity contribution in [3.8, 4) is 0 Å². The fraction of sp³-hybridized carbons (Fsp3) is 0.167. The number of nitrogens with two attached hydrogens (primary N) is 1. The summed E-state index contributed by atoms with van der Waals surface area (Å²) in [5.41, 5.74) is 7.22. The van der Waals surface area contributed by atoms with E-state index in [1.165, 1.54) is 4.88 Å². The maximum atomic E-state index is 10.1. The lowest BCUT2D eigenvalue weighted by Crippen LogP contribution is -2.01. The van der Waals surface area contributed by atoms with Crippen LogP contribution in [0.25, 0.3) is 0 Å². The maximum absolute atomic E-state index is 10.1. The number of thiophene rings is 1. The molecule has 2 rings (SSSR count). The minimum absolute atomic E-state index is 0.607. The zero-order valence-electron chi connectivity index (χ0n) is 8.47. The van der Waals surface area contributed by atoms with E-state index in [2.05, 4.69) is 0 Å². The van der Waals surface area contributed by atoms with Crippen molar-refractivity contribution in [2.45, 2.75) is 13.0 Å². The molecule has 0 aliphatic rings. The lowest BCUT2D eigenvalue weighted by molar-refractivity contribution is 0.225. The molecule has 1 heterocycles. The molecule has 1 atom stereocenters. The number of para-hydroxylation sites is 1. The molecule has 15 heavy (non-hydrogen) atoms. The number of aryl methyl sites for hydroxylation is 1. The summed E-state index contributed by atoms with van der Waals surface area (Å²) < 4.78 is 0. The number of anilines is 1. The molecule has 1 aromatic carbocycles. The number of nitrogen functional groups attached to an aromatic ring is 1. The van der Waals surface area contributed by atoms with Gasteiger partial charge in [-0.25, -0.2) is 0 Å². The van der Waals surface area contributed by atoms with Gasteiger partial charge in [-0.2, -0.15) is 0 Å². The second-order valence-electron chi connectivity index (χ2n) is 3.48. The zero-order chi connectivity index (χ0) is 10.8. The predicted molar refractivity (Wildman–Crippen MR) is 64.0 cm³/mol. The Balaban J connectivity index is 2.36. The molecule has 2 nitrogen and oxygen atoms in total. The molecule has 0 saturated carbocycles. The van der Waals surface area contributed by atoms with E-state index in [1.54, 1.807) is 17.4 Å². The van der Waals surface area contributed by atoms with Gasteiger partial charge in [-0.1, -0.05) is 18.2 Å². The van der Waals surface area contributed by atoms with Gasteiger partial charge in [-0.15, -0.1) is 11.3 Å². The molecule has 0 amide bonds. The number of benzene rings is 1. The van der Waals surface area contributed by atoms with Crippen molar-refractivity contribution < 1.29 is 5.11 Å². The van der Waals surface area contributed by atoms with E-state index < -0.39 is 6.10 Å². The first kappa shape index (κ1) is 10.2. The van der Waals surface area contributed by atoms with Gasteiger partial charge >= 0.3 is 0 Å². The molecule has 78 valence electrons. The predicted octanol–water partition coefficient (Wildman–Crippen LogP) is 2.72. The number of rotatable bonds is 2. The van der Waals surface area contributed by atoms with Crippen molar-refractivity contribution in [2.24, 2.45) is 0 Å². The highest BCUT2D eigenvalue weighted by Crippen LogP contribution is 2.30. The van der Waals surface area contributed by atoms with Gasteiger partial charge in [0.25, 0.3) is 0 Å². The topological polar surface area (TPSA) is 46.2 Å². The zero-order valence-corrected chi connectivity index (χ0v) is 9.29. The first-order valence-electron chi connectivity index (χ1n) is 4.77. The van der Waals surface area contributed by atoms with Gasteiger partial charge in [-0.3, -0.25) is 0 Å². The summed E-state index contributed by atoms with van der Waals surface area (Å²) in [5, 5.41) is 10.1. The van der Waals surface area contributed by atoms with Gasteiger partial charge in [0.2, 0.25) is 0 Å². The van der Waals surface area contributed by atoms with Crippen LogP contribution in [-0.4, -0.2) is 5.11 Å². The SMILES string of the molecule is Cc1ccc(C(O)c2ccccc2N)s1. The molecular weight excluding hydrogens is 206 g/mol. The molecule has 1 aromatic heterocycles. The first-order valence-corrected chi connectivity index (χ1v) is 5.59. The molecular formula is C12H13NOS. The Hall–Kier alpha value is -1.32. The number of aliphatic hydroxyl groups is 1. The van der Waals surface area contributed by atoms with E-state index in [-0.39, 0.29) is 0 Å². The summed E-state index contributed by atoms with van der Waals surface area (Å²) >= 11 is 1.59. The maximum Gasteiger partial charge on any atom is 0.115 e. The summed E-state index contributed by atoms with van der Waals surface area (Å²) in [5.74, 6) is 0.